The van der Waals surface area contributed by atoms with Crippen LogP contribution in [0.4, 0.5) is 5.95 Å². The van der Waals surface area contributed by atoms with E-state index in [9.17, 15) is 4.79 Å². The summed E-state index contributed by atoms with van der Waals surface area (Å²) in [6.45, 7) is 4.47. The Morgan fingerprint density at radius 3 is 2.36 bits per heavy atom. The molecule has 0 spiro atoms. The summed E-state index contributed by atoms with van der Waals surface area (Å²) >= 11 is 1.56. The Kier molecular flexibility index (Phi) is 6.81. The smallest absolute Gasteiger partial charge is 0.230 e. The number of hydrogen-bond donors (Lipinski definition) is 1. The van der Waals surface area contributed by atoms with Crippen molar-refractivity contribution in [3.8, 4) is 0 Å². The van der Waals surface area contributed by atoms with Crippen LogP contribution in [-0.2, 0) is 4.79 Å². The van der Waals surface area contributed by atoms with Crippen LogP contribution in [-0.4, -0.2) is 45.6 Å². The van der Waals surface area contributed by atoms with Crippen LogP contribution in [0, 0.1) is 5.92 Å². The van der Waals surface area contributed by atoms with E-state index in [4.69, 9.17) is 0 Å². The third-order valence-corrected chi connectivity index (χ3v) is 7.37. The molecule has 0 radical (unpaired) electrons. The van der Waals surface area contributed by atoms with E-state index in [0.29, 0.717) is 17.8 Å². The second-order valence-corrected chi connectivity index (χ2v) is 9.89. The number of amides is 1. The number of nitrogens with zero attached hydrogens (tertiary/aromatic N) is 4. The van der Waals surface area contributed by atoms with E-state index in [0.717, 1.165) is 43.0 Å². The molecule has 2 heterocycles. The van der Waals surface area contributed by atoms with Gasteiger partial charge in [-0.3, -0.25) is 9.36 Å². The highest BCUT2D eigenvalue weighted by molar-refractivity contribution is 7.99. The molecule has 0 atom stereocenters. The predicted octanol–water partition coefficient (Wildman–Crippen LogP) is 4.17. The zero-order chi connectivity index (χ0) is 19.3. The molecule has 3 fully saturated rings. The third kappa shape index (κ3) is 5.22. The van der Waals surface area contributed by atoms with Crippen LogP contribution in [0.25, 0.3) is 0 Å². The van der Waals surface area contributed by atoms with Crippen molar-refractivity contribution in [1.29, 1.82) is 0 Å². The lowest BCUT2D eigenvalue weighted by Crippen LogP contribution is -2.36. The molecule has 2 saturated carbocycles. The average molecular weight is 406 g/mol. The molecule has 1 saturated heterocycles. The number of carbonyl (C=O) groups is 1. The molecule has 1 aliphatic heterocycles. The first-order valence-electron chi connectivity index (χ1n) is 11.3. The van der Waals surface area contributed by atoms with Gasteiger partial charge in [-0.15, -0.1) is 10.2 Å². The van der Waals surface area contributed by atoms with E-state index < -0.39 is 0 Å². The molecule has 3 aliphatic rings. The summed E-state index contributed by atoms with van der Waals surface area (Å²) in [5.74, 6) is 2.42. The molecule has 2 aliphatic carbocycles. The van der Waals surface area contributed by atoms with E-state index in [1.807, 2.05) is 0 Å². The van der Waals surface area contributed by atoms with Gasteiger partial charge in [-0.1, -0.05) is 50.8 Å². The van der Waals surface area contributed by atoms with Crippen LogP contribution < -0.4 is 10.2 Å². The third-order valence-electron chi connectivity index (χ3n) is 6.43. The fourth-order valence-corrected chi connectivity index (χ4v) is 5.26. The lowest BCUT2D eigenvalue weighted by molar-refractivity contribution is -0.119. The molecule has 4 rings (SSSR count). The topological polar surface area (TPSA) is 63.1 Å². The zero-order valence-corrected chi connectivity index (χ0v) is 18.1. The Hall–Kier alpha value is -1.24. The highest BCUT2D eigenvalue weighted by atomic mass is 32.2. The minimum atomic E-state index is 0.147. The number of piperidine rings is 1. The summed E-state index contributed by atoms with van der Waals surface area (Å²) in [5.41, 5.74) is 0. The monoisotopic (exact) mass is 405 g/mol. The van der Waals surface area contributed by atoms with Gasteiger partial charge in [0.1, 0.15) is 0 Å². The van der Waals surface area contributed by atoms with Crippen LogP contribution in [0.2, 0.25) is 0 Å². The zero-order valence-electron chi connectivity index (χ0n) is 17.2. The Balaban J connectivity index is 1.33. The van der Waals surface area contributed by atoms with Crippen molar-refractivity contribution in [3.05, 3.63) is 0 Å². The van der Waals surface area contributed by atoms with E-state index >= 15 is 0 Å². The highest BCUT2D eigenvalue weighted by Gasteiger charge is 2.32. The molecule has 156 valence electrons. The quantitative estimate of drug-likeness (QED) is 0.720. The molecule has 1 aromatic rings. The fourth-order valence-electron chi connectivity index (χ4n) is 4.44. The summed E-state index contributed by atoms with van der Waals surface area (Å²) in [4.78, 5) is 14.9. The van der Waals surface area contributed by atoms with Crippen molar-refractivity contribution in [1.82, 2.24) is 20.1 Å². The van der Waals surface area contributed by atoms with Crippen molar-refractivity contribution in [2.75, 3.05) is 23.7 Å². The number of hydrogen-bond acceptors (Lipinski definition) is 5. The summed E-state index contributed by atoms with van der Waals surface area (Å²) < 4.78 is 2.31. The van der Waals surface area contributed by atoms with Crippen LogP contribution in [0.15, 0.2) is 5.16 Å². The highest BCUT2D eigenvalue weighted by Crippen LogP contribution is 2.41. The maximum absolute atomic E-state index is 12.5. The van der Waals surface area contributed by atoms with Crippen molar-refractivity contribution in [3.63, 3.8) is 0 Å². The molecule has 0 bridgehead atoms. The predicted molar refractivity (Wildman–Crippen MR) is 114 cm³/mol. The van der Waals surface area contributed by atoms with E-state index in [1.54, 1.807) is 11.8 Å². The van der Waals surface area contributed by atoms with E-state index in [-0.39, 0.29) is 5.91 Å². The van der Waals surface area contributed by atoms with Crippen LogP contribution >= 0.6 is 11.8 Å². The maximum Gasteiger partial charge on any atom is 0.230 e. The number of nitrogens with one attached hydrogen (secondary N) is 1. The molecular weight excluding hydrogens is 370 g/mol. The van der Waals surface area contributed by atoms with Crippen molar-refractivity contribution in [2.45, 2.75) is 94.8 Å². The minimum Gasteiger partial charge on any atom is -0.353 e. The summed E-state index contributed by atoms with van der Waals surface area (Å²) in [5, 5.41) is 13.2. The van der Waals surface area contributed by atoms with Gasteiger partial charge in [-0.2, -0.15) is 0 Å². The molecule has 1 N–H and O–H groups in total. The van der Waals surface area contributed by atoms with Crippen molar-refractivity contribution < 1.29 is 4.79 Å². The van der Waals surface area contributed by atoms with Crippen molar-refractivity contribution >= 4 is 23.6 Å². The molecule has 6 nitrogen and oxygen atoms in total. The summed E-state index contributed by atoms with van der Waals surface area (Å²) in [7, 11) is 0. The lowest BCUT2D eigenvalue weighted by Gasteiger charge is -2.31. The number of aromatic nitrogens is 3. The first-order valence-corrected chi connectivity index (χ1v) is 12.3. The van der Waals surface area contributed by atoms with Crippen LogP contribution in [0.3, 0.4) is 0 Å². The number of anilines is 1. The number of thioether (sulfide) groups is 1. The Morgan fingerprint density at radius 1 is 1.00 bits per heavy atom. The molecule has 1 amide bonds. The molecule has 0 unspecified atom stereocenters. The molecule has 0 aromatic carbocycles. The Morgan fingerprint density at radius 2 is 1.68 bits per heavy atom. The lowest BCUT2D eigenvalue weighted by atomic mass is 9.97. The van der Waals surface area contributed by atoms with Gasteiger partial charge < -0.3 is 10.2 Å². The minimum absolute atomic E-state index is 0.147. The van der Waals surface area contributed by atoms with Crippen LogP contribution in [0.1, 0.15) is 83.6 Å². The Bertz CT molecular complexity index is 643. The normalized spacial score (nSPS) is 22.7. The van der Waals surface area contributed by atoms with Gasteiger partial charge in [-0.05, 0) is 44.4 Å². The Labute approximate surface area is 173 Å². The molecular formula is C21H35N5OS. The second kappa shape index (κ2) is 9.51. The van der Waals surface area contributed by atoms with Gasteiger partial charge in [0.05, 0.1) is 5.75 Å². The fraction of sp³-hybridized carbons (Fsp3) is 0.857. The maximum atomic E-state index is 12.5. The van der Waals surface area contributed by atoms with Gasteiger partial charge in [0.2, 0.25) is 11.9 Å². The second-order valence-electron chi connectivity index (χ2n) is 8.95. The largest absolute Gasteiger partial charge is 0.353 e. The molecule has 7 heteroatoms. The molecule has 1 aromatic heterocycles. The number of rotatable bonds is 6. The van der Waals surface area contributed by atoms with Gasteiger partial charge in [0.15, 0.2) is 5.16 Å². The average Bonchev–Trinajstić information content (AvgIpc) is 3.42. The van der Waals surface area contributed by atoms with E-state index in [2.05, 4.69) is 31.9 Å². The summed E-state index contributed by atoms with van der Waals surface area (Å²) in [6.07, 6.45) is 13.6. The molecule has 28 heavy (non-hydrogen) atoms. The first-order chi connectivity index (χ1) is 13.7. The summed E-state index contributed by atoms with van der Waals surface area (Å²) in [6, 6.07) is 0.890. The van der Waals surface area contributed by atoms with Crippen molar-refractivity contribution in [2.24, 2.45) is 5.92 Å². The van der Waals surface area contributed by atoms with Gasteiger partial charge in [-0.25, -0.2) is 0 Å². The van der Waals surface area contributed by atoms with Gasteiger partial charge in [0, 0.05) is 25.2 Å². The van der Waals surface area contributed by atoms with Gasteiger partial charge >= 0.3 is 0 Å². The van der Waals surface area contributed by atoms with E-state index in [1.165, 1.54) is 57.8 Å². The first kappa shape index (κ1) is 20.0. The van der Waals surface area contributed by atoms with Crippen LogP contribution in [0.5, 0.6) is 0 Å². The van der Waals surface area contributed by atoms with Gasteiger partial charge in [0.25, 0.3) is 0 Å². The number of carbonyl (C=O) groups excluding carboxylic acids is 1. The standard InChI is InChI=1S/C21H35N5OS/c1-16-11-13-25(14-12-16)20-23-24-21(26(20)18-9-10-18)28-15-19(27)22-17-7-5-3-2-4-6-8-17/h16-18H,2-15H2,1H3,(H,22,27). The SMILES string of the molecule is CC1CCN(c2nnc(SCC(=O)NC3CCCCCCC3)n2C2CC2)CC1.